The van der Waals surface area contributed by atoms with E-state index in [2.05, 4.69) is 0 Å². The molecule has 1 aliphatic carbocycles. The van der Waals surface area contributed by atoms with Crippen molar-refractivity contribution in [1.29, 1.82) is 0 Å². The molecule has 1 unspecified atom stereocenters. The average molecular weight is 255 g/mol. The van der Waals surface area contributed by atoms with E-state index in [1.54, 1.807) is 0 Å². The van der Waals surface area contributed by atoms with Gasteiger partial charge in [-0.25, -0.2) is 0 Å². The third-order valence-corrected chi connectivity index (χ3v) is 4.08. The fourth-order valence-electron chi connectivity index (χ4n) is 2.81. The fourth-order valence-corrected chi connectivity index (χ4v) is 2.81. The summed E-state index contributed by atoms with van der Waals surface area (Å²) in [5, 5.41) is 0. The average Bonchev–Trinajstić information content (AvgIpc) is 2.63. The number of rotatable bonds is 3. The first-order chi connectivity index (χ1) is 8.71. The predicted molar refractivity (Wildman–Crippen MR) is 69.2 cm³/mol. The van der Waals surface area contributed by atoms with Crippen LogP contribution in [0.2, 0.25) is 0 Å². The van der Waals surface area contributed by atoms with Crippen molar-refractivity contribution in [3.05, 3.63) is 0 Å². The van der Waals surface area contributed by atoms with Gasteiger partial charge in [-0.2, -0.15) is 0 Å². The fraction of sp³-hybridized carbons (Fsp3) is 0.929. The highest BCUT2D eigenvalue weighted by atomic mass is 16.6. The summed E-state index contributed by atoms with van der Waals surface area (Å²) in [6.45, 7) is 1.16. The van der Waals surface area contributed by atoms with Crippen LogP contribution in [-0.2, 0) is 14.3 Å². The molecule has 2 N–H and O–H groups in total. The number of carbonyl (C=O) groups is 1. The van der Waals surface area contributed by atoms with Crippen molar-refractivity contribution in [1.82, 2.24) is 0 Å². The van der Waals surface area contributed by atoms with Crippen LogP contribution in [-0.4, -0.2) is 30.8 Å². The van der Waals surface area contributed by atoms with Crippen molar-refractivity contribution in [2.24, 2.45) is 5.73 Å². The normalized spacial score (nSPS) is 28.4. The van der Waals surface area contributed by atoms with Crippen LogP contribution in [0.1, 0.15) is 57.8 Å². The first-order valence-electron chi connectivity index (χ1n) is 7.28. The second-order valence-corrected chi connectivity index (χ2v) is 5.66. The Morgan fingerprint density at radius 3 is 2.50 bits per heavy atom. The Hall–Kier alpha value is -0.610. The Morgan fingerprint density at radius 1 is 1.17 bits per heavy atom. The van der Waals surface area contributed by atoms with Crippen LogP contribution in [0.3, 0.4) is 0 Å². The third kappa shape index (κ3) is 3.69. The van der Waals surface area contributed by atoms with Gasteiger partial charge in [0.15, 0.2) is 0 Å². The molecule has 2 rings (SSSR count). The van der Waals surface area contributed by atoms with Crippen molar-refractivity contribution < 1.29 is 14.3 Å². The topological polar surface area (TPSA) is 61.6 Å². The van der Waals surface area contributed by atoms with Crippen molar-refractivity contribution in [3.8, 4) is 0 Å². The van der Waals surface area contributed by atoms with E-state index in [9.17, 15) is 4.79 Å². The SMILES string of the molecule is NC1(C(=O)OCC2CCCCO2)CCCCCC1. The quantitative estimate of drug-likeness (QED) is 0.620. The number of hydrogen-bond donors (Lipinski definition) is 1. The number of hydrogen-bond acceptors (Lipinski definition) is 4. The summed E-state index contributed by atoms with van der Waals surface area (Å²) in [5.41, 5.74) is 5.46. The van der Waals surface area contributed by atoms with Crippen LogP contribution in [0, 0.1) is 0 Å². The molecule has 0 amide bonds. The molecule has 1 atom stereocenters. The van der Waals surface area contributed by atoms with E-state index in [1.807, 2.05) is 0 Å². The second kappa shape index (κ2) is 6.53. The lowest BCUT2D eigenvalue weighted by Gasteiger charge is -2.28. The van der Waals surface area contributed by atoms with E-state index in [4.69, 9.17) is 15.2 Å². The van der Waals surface area contributed by atoms with Gasteiger partial charge in [-0.15, -0.1) is 0 Å². The smallest absolute Gasteiger partial charge is 0.326 e. The number of carbonyl (C=O) groups excluding carboxylic acids is 1. The summed E-state index contributed by atoms with van der Waals surface area (Å²) in [4.78, 5) is 12.1. The molecule has 0 aromatic heterocycles. The first kappa shape index (κ1) is 13.8. The molecule has 0 aromatic carbocycles. The summed E-state index contributed by atoms with van der Waals surface area (Å²) < 4.78 is 10.9. The van der Waals surface area contributed by atoms with Gasteiger partial charge in [-0.1, -0.05) is 25.7 Å². The zero-order chi connectivity index (χ0) is 12.8. The highest BCUT2D eigenvalue weighted by molar-refractivity contribution is 5.80. The molecular weight excluding hydrogens is 230 g/mol. The molecule has 0 spiro atoms. The van der Waals surface area contributed by atoms with E-state index in [0.29, 0.717) is 6.61 Å². The van der Waals surface area contributed by atoms with Crippen LogP contribution in [0.25, 0.3) is 0 Å². The standard InChI is InChI=1S/C14H25NO3/c15-14(8-4-1-2-5-9-14)13(16)18-11-12-7-3-6-10-17-12/h12H,1-11,15H2. The molecular formula is C14H25NO3. The van der Waals surface area contributed by atoms with Crippen molar-refractivity contribution in [2.45, 2.75) is 69.4 Å². The second-order valence-electron chi connectivity index (χ2n) is 5.66. The van der Waals surface area contributed by atoms with Gasteiger partial charge in [0.1, 0.15) is 12.1 Å². The molecule has 0 radical (unpaired) electrons. The van der Waals surface area contributed by atoms with Gasteiger partial charge < -0.3 is 15.2 Å². The lowest BCUT2D eigenvalue weighted by atomic mass is 9.92. The molecule has 104 valence electrons. The first-order valence-corrected chi connectivity index (χ1v) is 7.28. The molecule has 1 heterocycles. The lowest BCUT2D eigenvalue weighted by molar-refractivity contribution is -0.156. The Morgan fingerprint density at radius 2 is 1.89 bits per heavy atom. The molecule has 18 heavy (non-hydrogen) atoms. The highest BCUT2D eigenvalue weighted by Crippen LogP contribution is 2.26. The summed E-state index contributed by atoms with van der Waals surface area (Å²) in [5.74, 6) is -0.224. The van der Waals surface area contributed by atoms with E-state index in [0.717, 1.165) is 51.6 Å². The Balaban J connectivity index is 1.78. The number of esters is 1. The summed E-state index contributed by atoms with van der Waals surface area (Å²) in [6, 6.07) is 0. The van der Waals surface area contributed by atoms with Crippen LogP contribution in [0.5, 0.6) is 0 Å². The van der Waals surface area contributed by atoms with Crippen LogP contribution in [0.4, 0.5) is 0 Å². The zero-order valence-corrected chi connectivity index (χ0v) is 11.2. The lowest BCUT2D eigenvalue weighted by Crippen LogP contribution is -2.49. The van der Waals surface area contributed by atoms with E-state index in [-0.39, 0.29) is 12.1 Å². The molecule has 4 heteroatoms. The van der Waals surface area contributed by atoms with E-state index < -0.39 is 5.54 Å². The predicted octanol–water partition coefficient (Wildman–Crippen LogP) is 2.15. The van der Waals surface area contributed by atoms with Gasteiger partial charge >= 0.3 is 5.97 Å². The highest BCUT2D eigenvalue weighted by Gasteiger charge is 2.36. The van der Waals surface area contributed by atoms with Gasteiger partial charge in [0.05, 0.1) is 6.10 Å². The maximum atomic E-state index is 12.1. The summed E-state index contributed by atoms with van der Waals surface area (Å²) in [7, 11) is 0. The van der Waals surface area contributed by atoms with Crippen molar-refractivity contribution in [3.63, 3.8) is 0 Å². The molecule has 0 bridgehead atoms. The molecule has 1 saturated carbocycles. The molecule has 1 aliphatic heterocycles. The van der Waals surface area contributed by atoms with Crippen LogP contribution >= 0.6 is 0 Å². The van der Waals surface area contributed by atoms with Gasteiger partial charge in [0.2, 0.25) is 0 Å². The molecule has 2 fully saturated rings. The molecule has 1 saturated heterocycles. The van der Waals surface area contributed by atoms with Gasteiger partial charge in [0, 0.05) is 6.61 Å². The van der Waals surface area contributed by atoms with E-state index in [1.165, 1.54) is 12.8 Å². The van der Waals surface area contributed by atoms with E-state index >= 15 is 0 Å². The molecule has 4 nitrogen and oxygen atoms in total. The number of ether oxygens (including phenoxy) is 2. The minimum absolute atomic E-state index is 0.0806. The zero-order valence-electron chi connectivity index (χ0n) is 11.2. The third-order valence-electron chi connectivity index (χ3n) is 4.08. The van der Waals surface area contributed by atoms with Gasteiger partial charge in [-0.05, 0) is 32.1 Å². The van der Waals surface area contributed by atoms with Crippen molar-refractivity contribution in [2.75, 3.05) is 13.2 Å². The Labute approximate surface area is 109 Å². The largest absolute Gasteiger partial charge is 0.462 e. The van der Waals surface area contributed by atoms with Crippen molar-refractivity contribution >= 4 is 5.97 Å². The van der Waals surface area contributed by atoms with Crippen LogP contribution < -0.4 is 5.73 Å². The van der Waals surface area contributed by atoms with Gasteiger partial charge in [0.25, 0.3) is 0 Å². The Bertz CT molecular complexity index is 266. The molecule has 2 aliphatic rings. The monoisotopic (exact) mass is 255 g/mol. The maximum absolute atomic E-state index is 12.1. The Kier molecular flexibility index (Phi) is 5.01. The van der Waals surface area contributed by atoms with Gasteiger partial charge in [-0.3, -0.25) is 4.79 Å². The van der Waals surface area contributed by atoms with Crippen LogP contribution in [0.15, 0.2) is 0 Å². The summed E-state index contributed by atoms with van der Waals surface area (Å²) in [6.07, 6.45) is 9.30. The minimum atomic E-state index is -0.745. The maximum Gasteiger partial charge on any atom is 0.326 e. The minimum Gasteiger partial charge on any atom is -0.462 e. The molecule has 0 aromatic rings. The summed E-state index contributed by atoms with van der Waals surface area (Å²) >= 11 is 0. The number of nitrogens with two attached hydrogens (primary N) is 1.